The molecule has 0 aliphatic carbocycles. The van der Waals surface area contributed by atoms with E-state index < -0.39 is 0 Å². The van der Waals surface area contributed by atoms with Gasteiger partial charge in [-0.1, -0.05) is 48.2 Å². The number of rotatable bonds is 8. The van der Waals surface area contributed by atoms with E-state index in [2.05, 4.69) is 23.2 Å². The number of carbonyl (C=O) groups is 1. The van der Waals surface area contributed by atoms with Crippen LogP contribution in [-0.2, 0) is 17.8 Å². The van der Waals surface area contributed by atoms with E-state index in [4.69, 9.17) is 9.47 Å². The van der Waals surface area contributed by atoms with Gasteiger partial charge in [0.1, 0.15) is 18.1 Å². The maximum absolute atomic E-state index is 13.2. The standard InChI is InChI=1S/C27H26N4O3S/c1-19-16-20-8-6-7-11-24(20)30(19)26(32)18-35-27-29-28-25(31(27)21-9-4-3-5-10-21)17-34-23-14-12-22(33-2)13-15-23/h3-15,19H,16-18H2,1-2H3/t19-/m1/s1. The van der Waals surface area contributed by atoms with Gasteiger partial charge >= 0.3 is 0 Å². The van der Waals surface area contributed by atoms with Crippen LogP contribution >= 0.6 is 11.8 Å². The van der Waals surface area contributed by atoms with Gasteiger partial charge in [-0.2, -0.15) is 0 Å². The van der Waals surface area contributed by atoms with Crippen molar-refractivity contribution in [3.05, 3.63) is 90.3 Å². The number of methoxy groups -OCH3 is 1. The molecule has 0 saturated carbocycles. The van der Waals surface area contributed by atoms with Crippen LogP contribution in [0.3, 0.4) is 0 Å². The summed E-state index contributed by atoms with van der Waals surface area (Å²) in [6, 6.07) is 25.5. The second-order valence-corrected chi connectivity index (χ2v) is 9.21. The van der Waals surface area contributed by atoms with Crippen LogP contribution in [0.1, 0.15) is 18.3 Å². The Morgan fingerprint density at radius 1 is 0.971 bits per heavy atom. The van der Waals surface area contributed by atoms with E-state index in [1.807, 2.05) is 82.3 Å². The van der Waals surface area contributed by atoms with Crippen molar-refractivity contribution in [2.45, 2.75) is 31.1 Å². The molecule has 0 radical (unpaired) electrons. The first-order valence-electron chi connectivity index (χ1n) is 11.4. The summed E-state index contributed by atoms with van der Waals surface area (Å²) in [5.41, 5.74) is 3.13. The first-order valence-corrected chi connectivity index (χ1v) is 12.4. The third-order valence-corrected chi connectivity index (χ3v) is 6.86. The number of hydrogen-bond acceptors (Lipinski definition) is 6. The third-order valence-electron chi connectivity index (χ3n) is 5.94. The predicted octanol–water partition coefficient (Wildman–Crippen LogP) is 4.92. The number of thioether (sulfide) groups is 1. The zero-order valence-corrected chi connectivity index (χ0v) is 20.4. The summed E-state index contributed by atoms with van der Waals surface area (Å²) in [6.45, 7) is 2.32. The molecule has 1 aromatic heterocycles. The molecule has 0 fully saturated rings. The topological polar surface area (TPSA) is 69.5 Å². The van der Waals surface area contributed by atoms with E-state index in [1.54, 1.807) is 7.11 Å². The lowest BCUT2D eigenvalue weighted by Gasteiger charge is -2.22. The van der Waals surface area contributed by atoms with Crippen LogP contribution in [0.5, 0.6) is 11.5 Å². The van der Waals surface area contributed by atoms with Crippen molar-refractivity contribution in [3.63, 3.8) is 0 Å². The molecule has 0 saturated heterocycles. The molecule has 0 unspecified atom stereocenters. The fraction of sp³-hybridized carbons (Fsp3) is 0.222. The van der Waals surface area contributed by atoms with Crippen LogP contribution in [0.25, 0.3) is 5.69 Å². The van der Waals surface area contributed by atoms with E-state index in [1.165, 1.54) is 17.3 Å². The maximum atomic E-state index is 13.2. The van der Waals surface area contributed by atoms with Crippen molar-refractivity contribution >= 4 is 23.4 Å². The molecule has 1 amide bonds. The molecule has 0 spiro atoms. The second kappa shape index (κ2) is 10.2. The lowest BCUT2D eigenvalue weighted by molar-refractivity contribution is -0.116. The number of aromatic nitrogens is 3. The monoisotopic (exact) mass is 486 g/mol. The Morgan fingerprint density at radius 2 is 1.69 bits per heavy atom. The quantitative estimate of drug-likeness (QED) is 0.329. The number of anilines is 1. The van der Waals surface area contributed by atoms with Crippen molar-refractivity contribution < 1.29 is 14.3 Å². The minimum Gasteiger partial charge on any atom is -0.497 e. The number of hydrogen-bond donors (Lipinski definition) is 0. The van der Waals surface area contributed by atoms with Gasteiger partial charge in [-0.15, -0.1) is 10.2 Å². The lowest BCUT2D eigenvalue weighted by Crippen LogP contribution is -2.37. The number of nitrogens with zero attached hydrogens (tertiary/aromatic N) is 4. The van der Waals surface area contributed by atoms with Gasteiger partial charge in [0.15, 0.2) is 11.0 Å². The summed E-state index contributed by atoms with van der Waals surface area (Å²) < 4.78 is 13.1. The van der Waals surface area contributed by atoms with E-state index in [0.717, 1.165) is 23.5 Å². The highest BCUT2D eigenvalue weighted by Crippen LogP contribution is 2.33. The van der Waals surface area contributed by atoms with Gasteiger partial charge in [-0.25, -0.2) is 0 Å². The zero-order valence-electron chi connectivity index (χ0n) is 19.6. The Balaban J connectivity index is 1.34. The second-order valence-electron chi connectivity index (χ2n) is 8.27. The maximum Gasteiger partial charge on any atom is 0.237 e. The highest BCUT2D eigenvalue weighted by atomic mass is 32.2. The minimum absolute atomic E-state index is 0.0612. The molecule has 4 aromatic rings. The molecule has 35 heavy (non-hydrogen) atoms. The van der Waals surface area contributed by atoms with Crippen LogP contribution in [-0.4, -0.2) is 39.6 Å². The highest BCUT2D eigenvalue weighted by molar-refractivity contribution is 7.99. The molecule has 5 rings (SSSR count). The molecule has 1 aliphatic heterocycles. The Morgan fingerprint density at radius 3 is 2.46 bits per heavy atom. The van der Waals surface area contributed by atoms with E-state index in [-0.39, 0.29) is 24.3 Å². The van der Waals surface area contributed by atoms with Gasteiger partial charge < -0.3 is 14.4 Å². The summed E-state index contributed by atoms with van der Waals surface area (Å²) in [5, 5.41) is 9.44. The molecule has 1 aliphatic rings. The fourth-order valence-corrected chi connectivity index (χ4v) is 5.12. The van der Waals surface area contributed by atoms with E-state index in [0.29, 0.717) is 16.7 Å². The normalized spacial score (nSPS) is 14.6. The first-order chi connectivity index (χ1) is 17.1. The first kappa shape index (κ1) is 23.0. The number of para-hydroxylation sites is 2. The molecule has 178 valence electrons. The van der Waals surface area contributed by atoms with Gasteiger partial charge in [-0.05, 0) is 61.4 Å². The fourth-order valence-electron chi connectivity index (χ4n) is 4.28. The lowest BCUT2D eigenvalue weighted by atomic mass is 10.1. The molecule has 2 heterocycles. The summed E-state index contributed by atoms with van der Waals surface area (Å²) in [4.78, 5) is 15.1. The highest BCUT2D eigenvalue weighted by Gasteiger charge is 2.30. The third kappa shape index (κ3) is 4.88. The van der Waals surface area contributed by atoms with E-state index in [9.17, 15) is 4.79 Å². The Bertz CT molecular complexity index is 1310. The summed E-state index contributed by atoms with van der Waals surface area (Å²) in [6.07, 6.45) is 0.875. The Kier molecular flexibility index (Phi) is 6.72. The minimum atomic E-state index is 0.0612. The van der Waals surface area contributed by atoms with Gasteiger partial charge in [0, 0.05) is 17.4 Å². The van der Waals surface area contributed by atoms with Gasteiger partial charge in [0.25, 0.3) is 0 Å². The molecular weight excluding hydrogens is 460 g/mol. The molecule has 0 N–H and O–H groups in total. The molecule has 0 bridgehead atoms. The van der Waals surface area contributed by atoms with Gasteiger partial charge in [0.2, 0.25) is 5.91 Å². The number of benzene rings is 3. The molecule has 3 aromatic carbocycles. The van der Waals surface area contributed by atoms with Crippen molar-refractivity contribution in [2.75, 3.05) is 17.8 Å². The van der Waals surface area contributed by atoms with Crippen LogP contribution in [0.15, 0.2) is 84.0 Å². The summed E-state index contributed by atoms with van der Waals surface area (Å²) in [7, 11) is 1.63. The predicted molar refractivity (Wildman–Crippen MR) is 137 cm³/mol. The van der Waals surface area contributed by atoms with Crippen molar-refractivity contribution in [1.29, 1.82) is 0 Å². The Hall–Kier alpha value is -3.78. The number of ether oxygens (including phenoxy) is 2. The number of amides is 1. The molecule has 8 heteroatoms. The van der Waals surface area contributed by atoms with E-state index >= 15 is 0 Å². The average molecular weight is 487 g/mol. The van der Waals surface area contributed by atoms with Crippen molar-refractivity contribution in [1.82, 2.24) is 14.8 Å². The summed E-state index contributed by atoms with van der Waals surface area (Å²) in [5.74, 6) is 2.46. The largest absolute Gasteiger partial charge is 0.497 e. The molecule has 7 nitrogen and oxygen atoms in total. The Labute approximate surface area is 208 Å². The van der Waals surface area contributed by atoms with Gasteiger partial charge in [-0.3, -0.25) is 9.36 Å². The van der Waals surface area contributed by atoms with Crippen LogP contribution in [0.2, 0.25) is 0 Å². The average Bonchev–Trinajstić information content (AvgIpc) is 3.46. The van der Waals surface area contributed by atoms with Crippen molar-refractivity contribution in [2.24, 2.45) is 0 Å². The van der Waals surface area contributed by atoms with Gasteiger partial charge in [0.05, 0.1) is 12.9 Å². The van der Waals surface area contributed by atoms with Crippen LogP contribution in [0, 0.1) is 0 Å². The van der Waals surface area contributed by atoms with Crippen LogP contribution in [0.4, 0.5) is 5.69 Å². The van der Waals surface area contributed by atoms with Crippen LogP contribution < -0.4 is 14.4 Å². The number of fused-ring (bicyclic) bond motifs is 1. The van der Waals surface area contributed by atoms with Crippen molar-refractivity contribution in [3.8, 4) is 17.2 Å². The SMILES string of the molecule is COc1ccc(OCc2nnc(SCC(=O)N3c4ccccc4C[C@H]3C)n2-c2ccccc2)cc1. The molecule has 1 atom stereocenters. The zero-order chi connectivity index (χ0) is 24.2. The number of carbonyl (C=O) groups excluding carboxylic acids is 1. The smallest absolute Gasteiger partial charge is 0.237 e. The summed E-state index contributed by atoms with van der Waals surface area (Å²) >= 11 is 1.39. The molecular formula is C27H26N4O3S.